The van der Waals surface area contributed by atoms with Crippen LogP contribution in [-0.2, 0) is 11.3 Å². The Bertz CT molecular complexity index is 1110. The minimum Gasteiger partial charge on any atom is -0.320 e. The van der Waals surface area contributed by atoms with Crippen LogP contribution in [0.2, 0.25) is 0 Å². The molecule has 3 amide bonds. The molecule has 0 fully saturated rings. The van der Waals surface area contributed by atoms with E-state index >= 15 is 0 Å². The number of amides is 3. The van der Waals surface area contributed by atoms with Crippen LogP contribution in [-0.4, -0.2) is 28.1 Å². The van der Waals surface area contributed by atoms with Crippen LogP contribution in [0.3, 0.4) is 0 Å². The van der Waals surface area contributed by atoms with Crippen molar-refractivity contribution in [2.45, 2.75) is 13.5 Å². The summed E-state index contributed by atoms with van der Waals surface area (Å²) >= 11 is 3.36. The van der Waals surface area contributed by atoms with E-state index in [9.17, 15) is 18.8 Å². The largest absolute Gasteiger partial charge is 0.320 e. The number of imide groups is 1. The molecule has 0 saturated heterocycles. The first-order valence-electron chi connectivity index (χ1n) is 8.92. The molecule has 0 bridgehead atoms. The molecule has 0 aliphatic heterocycles. The van der Waals surface area contributed by atoms with Gasteiger partial charge in [0.2, 0.25) is 6.41 Å². The van der Waals surface area contributed by atoms with Gasteiger partial charge >= 0.3 is 0 Å². The minimum atomic E-state index is -0.565. The number of anilines is 1. The maximum atomic E-state index is 13.4. The quantitative estimate of drug-likeness (QED) is 0.544. The third kappa shape index (κ3) is 4.96. The summed E-state index contributed by atoms with van der Waals surface area (Å²) in [5, 5.41) is 2.76. The number of hydrogen-bond acceptors (Lipinski definition) is 4. The van der Waals surface area contributed by atoms with E-state index in [0.717, 1.165) is 4.90 Å². The Morgan fingerprint density at radius 2 is 1.97 bits per heavy atom. The maximum Gasteiger partial charge on any atom is 0.274 e. The molecule has 0 radical (unpaired) electrons. The number of nitrogens with one attached hydrogen (secondary N) is 1. The Kier molecular flexibility index (Phi) is 6.68. The molecule has 2 aromatic carbocycles. The molecule has 152 valence electrons. The number of pyridine rings is 1. The van der Waals surface area contributed by atoms with Crippen molar-refractivity contribution in [3.8, 4) is 0 Å². The Hall–Kier alpha value is -3.39. The third-order valence-electron chi connectivity index (χ3n) is 4.36. The molecule has 0 aliphatic carbocycles. The van der Waals surface area contributed by atoms with E-state index in [1.807, 2.05) is 0 Å². The molecule has 1 N–H and O–H groups in total. The van der Waals surface area contributed by atoms with Gasteiger partial charge < -0.3 is 5.32 Å². The number of rotatable bonds is 6. The van der Waals surface area contributed by atoms with Crippen LogP contribution in [0.4, 0.5) is 10.1 Å². The standard InChI is InChI=1S/C22H17BrFN3O3/c1-14-10-17(24)6-7-18(14)22(30)27(13-28)12-15-11-16(23)5-8-19(15)26-21(29)20-4-2-3-9-25-20/h2-11,13H,12H2,1H3,(H,26,29). The highest BCUT2D eigenvalue weighted by Gasteiger charge is 2.20. The van der Waals surface area contributed by atoms with E-state index in [2.05, 4.69) is 26.2 Å². The summed E-state index contributed by atoms with van der Waals surface area (Å²) in [4.78, 5) is 41.9. The molecular formula is C22H17BrFN3O3. The molecule has 0 unspecified atom stereocenters. The Morgan fingerprint density at radius 1 is 1.17 bits per heavy atom. The van der Waals surface area contributed by atoms with Gasteiger partial charge in [-0.25, -0.2) is 4.39 Å². The van der Waals surface area contributed by atoms with Crippen LogP contribution in [0.1, 0.15) is 32.0 Å². The number of aryl methyl sites for hydroxylation is 1. The number of hydrogen-bond donors (Lipinski definition) is 1. The zero-order chi connectivity index (χ0) is 21.7. The van der Waals surface area contributed by atoms with Crippen LogP contribution in [0.5, 0.6) is 0 Å². The molecule has 3 aromatic rings. The lowest BCUT2D eigenvalue weighted by Crippen LogP contribution is -2.30. The number of carbonyl (C=O) groups excluding carboxylic acids is 3. The predicted molar refractivity (Wildman–Crippen MR) is 113 cm³/mol. The molecule has 8 heteroatoms. The lowest BCUT2D eigenvalue weighted by molar-refractivity contribution is -0.116. The summed E-state index contributed by atoms with van der Waals surface area (Å²) in [7, 11) is 0. The SMILES string of the molecule is Cc1cc(F)ccc1C(=O)N(C=O)Cc1cc(Br)ccc1NC(=O)c1ccccn1. The van der Waals surface area contributed by atoms with E-state index in [4.69, 9.17) is 0 Å². The average Bonchev–Trinajstić information content (AvgIpc) is 2.74. The number of carbonyl (C=O) groups is 3. The van der Waals surface area contributed by atoms with E-state index in [1.54, 1.807) is 43.3 Å². The van der Waals surface area contributed by atoms with Crippen molar-refractivity contribution in [1.82, 2.24) is 9.88 Å². The first-order valence-corrected chi connectivity index (χ1v) is 9.71. The smallest absolute Gasteiger partial charge is 0.274 e. The lowest BCUT2D eigenvalue weighted by atomic mass is 10.1. The van der Waals surface area contributed by atoms with Crippen molar-refractivity contribution in [3.63, 3.8) is 0 Å². The molecule has 3 rings (SSSR count). The summed E-state index contributed by atoms with van der Waals surface area (Å²) < 4.78 is 14.1. The highest BCUT2D eigenvalue weighted by Crippen LogP contribution is 2.24. The predicted octanol–water partition coefficient (Wildman–Crippen LogP) is 4.34. The average molecular weight is 470 g/mol. The Labute approximate surface area is 180 Å². The summed E-state index contributed by atoms with van der Waals surface area (Å²) in [6.45, 7) is 1.51. The third-order valence-corrected chi connectivity index (χ3v) is 4.85. The second kappa shape index (κ2) is 9.41. The van der Waals surface area contributed by atoms with Gasteiger partial charge in [-0.2, -0.15) is 0 Å². The molecule has 0 aliphatic rings. The summed E-state index contributed by atoms with van der Waals surface area (Å²) in [6.07, 6.45) is 1.92. The van der Waals surface area contributed by atoms with Crippen LogP contribution in [0.15, 0.2) is 65.3 Å². The Morgan fingerprint density at radius 3 is 2.63 bits per heavy atom. The van der Waals surface area contributed by atoms with E-state index < -0.39 is 17.6 Å². The van der Waals surface area contributed by atoms with Crippen molar-refractivity contribution < 1.29 is 18.8 Å². The van der Waals surface area contributed by atoms with Crippen molar-refractivity contribution in [3.05, 3.63) is 93.5 Å². The van der Waals surface area contributed by atoms with Gasteiger partial charge in [0.1, 0.15) is 11.5 Å². The van der Waals surface area contributed by atoms with Gasteiger partial charge in [-0.05, 0) is 66.6 Å². The van der Waals surface area contributed by atoms with Crippen molar-refractivity contribution >= 4 is 39.8 Å². The van der Waals surface area contributed by atoms with Crippen LogP contribution >= 0.6 is 15.9 Å². The van der Waals surface area contributed by atoms with Gasteiger partial charge in [-0.15, -0.1) is 0 Å². The zero-order valence-electron chi connectivity index (χ0n) is 15.9. The van der Waals surface area contributed by atoms with Crippen LogP contribution in [0.25, 0.3) is 0 Å². The van der Waals surface area contributed by atoms with Gasteiger partial charge in [0, 0.05) is 21.9 Å². The highest BCUT2D eigenvalue weighted by molar-refractivity contribution is 9.10. The first kappa shape index (κ1) is 21.3. The summed E-state index contributed by atoms with van der Waals surface area (Å²) in [6, 6.07) is 13.8. The highest BCUT2D eigenvalue weighted by atomic mass is 79.9. The molecule has 0 saturated carbocycles. The maximum absolute atomic E-state index is 13.4. The van der Waals surface area contributed by atoms with Crippen LogP contribution in [0, 0.1) is 12.7 Å². The Balaban J connectivity index is 1.87. The second-order valence-electron chi connectivity index (χ2n) is 6.47. The fourth-order valence-electron chi connectivity index (χ4n) is 2.86. The summed E-state index contributed by atoms with van der Waals surface area (Å²) in [5.74, 6) is -1.45. The molecule has 1 aromatic heterocycles. The molecule has 30 heavy (non-hydrogen) atoms. The first-order chi connectivity index (χ1) is 14.4. The minimum absolute atomic E-state index is 0.0869. The fourth-order valence-corrected chi connectivity index (χ4v) is 3.27. The van der Waals surface area contributed by atoms with Gasteiger partial charge in [0.05, 0.1) is 6.54 Å². The van der Waals surface area contributed by atoms with Gasteiger partial charge in [0.15, 0.2) is 0 Å². The monoisotopic (exact) mass is 469 g/mol. The normalized spacial score (nSPS) is 10.4. The van der Waals surface area contributed by atoms with E-state index in [0.29, 0.717) is 27.7 Å². The van der Waals surface area contributed by atoms with E-state index in [1.165, 1.54) is 24.4 Å². The topological polar surface area (TPSA) is 79.4 Å². The van der Waals surface area contributed by atoms with Crippen molar-refractivity contribution in [1.29, 1.82) is 0 Å². The van der Waals surface area contributed by atoms with Gasteiger partial charge in [0.25, 0.3) is 11.8 Å². The molecular weight excluding hydrogens is 453 g/mol. The summed E-state index contributed by atoms with van der Waals surface area (Å²) in [5.41, 5.74) is 1.84. The number of nitrogens with zero attached hydrogens (tertiary/aromatic N) is 2. The van der Waals surface area contributed by atoms with Crippen LogP contribution < -0.4 is 5.32 Å². The molecule has 0 atom stereocenters. The number of benzene rings is 2. The van der Waals surface area contributed by atoms with Crippen molar-refractivity contribution in [2.75, 3.05) is 5.32 Å². The lowest BCUT2D eigenvalue weighted by Gasteiger charge is -2.19. The van der Waals surface area contributed by atoms with E-state index in [-0.39, 0.29) is 17.8 Å². The number of aromatic nitrogens is 1. The molecule has 6 nitrogen and oxygen atoms in total. The zero-order valence-corrected chi connectivity index (χ0v) is 17.5. The molecule has 1 heterocycles. The van der Waals surface area contributed by atoms with Gasteiger partial charge in [-0.3, -0.25) is 24.3 Å². The fraction of sp³-hybridized carbons (Fsp3) is 0.0909. The van der Waals surface area contributed by atoms with Gasteiger partial charge in [-0.1, -0.05) is 22.0 Å². The molecule has 0 spiro atoms. The second-order valence-corrected chi connectivity index (χ2v) is 7.38. The van der Waals surface area contributed by atoms with Crippen molar-refractivity contribution in [2.24, 2.45) is 0 Å². The number of halogens is 2.